The van der Waals surface area contributed by atoms with Crippen LogP contribution in [0.15, 0.2) is 29.2 Å². The Balaban J connectivity index is 1.27. The van der Waals surface area contributed by atoms with E-state index in [9.17, 15) is 13.2 Å². The molecule has 178 valence electrons. The van der Waals surface area contributed by atoms with Gasteiger partial charge < -0.3 is 5.32 Å². The molecule has 3 fully saturated rings. The van der Waals surface area contributed by atoms with E-state index < -0.39 is 10.0 Å². The molecule has 1 heterocycles. The molecule has 6 nitrogen and oxygen atoms in total. The molecule has 1 aliphatic heterocycles. The van der Waals surface area contributed by atoms with E-state index in [1.54, 1.807) is 16.4 Å². The number of hydrogen-bond acceptors (Lipinski definition) is 4. The summed E-state index contributed by atoms with van der Waals surface area (Å²) in [4.78, 5) is 15.0. The van der Waals surface area contributed by atoms with Crippen molar-refractivity contribution in [1.29, 1.82) is 0 Å². The highest BCUT2D eigenvalue weighted by Gasteiger charge is 2.30. The van der Waals surface area contributed by atoms with Crippen LogP contribution >= 0.6 is 0 Å². The minimum atomic E-state index is -3.49. The Hall–Kier alpha value is -1.44. The normalized spacial score (nSPS) is 26.7. The summed E-state index contributed by atoms with van der Waals surface area (Å²) in [6, 6.07) is 7.87. The Kier molecular flexibility index (Phi) is 7.90. The van der Waals surface area contributed by atoms with Crippen molar-refractivity contribution in [3.05, 3.63) is 29.8 Å². The largest absolute Gasteiger partial charge is 0.352 e. The zero-order chi connectivity index (χ0) is 22.6. The molecule has 1 aromatic rings. The lowest BCUT2D eigenvalue weighted by atomic mass is 9.84. The molecule has 3 aliphatic rings. The summed E-state index contributed by atoms with van der Waals surface area (Å²) in [5, 5.41) is 3.20. The van der Waals surface area contributed by atoms with Gasteiger partial charge in [-0.3, -0.25) is 9.69 Å². The minimum Gasteiger partial charge on any atom is -0.352 e. The van der Waals surface area contributed by atoms with Gasteiger partial charge in [0.15, 0.2) is 0 Å². The third kappa shape index (κ3) is 5.72. The zero-order valence-electron chi connectivity index (χ0n) is 19.5. The molecule has 0 spiro atoms. The first-order chi connectivity index (χ1) is 15.4. The van der Waals surface area contributed by atoms with Gasteiger partial charge >= 0.3 is 0 Å². The summed E-state index contributed by atoms with van der Waals surface area (Å²) in [6.07, 6.45) is 11.0. The van der Waals surface area contributed by atoms with Crippen molar-refractivity contribution >= 4 is 15.9 Å². The van der Waals surface area contributed by atoms with Gasteiger partial charge in [0.1, 0.15) is 0 Å². The number of benzene rings is 1. The Morgan fingerprint density at radius 1 is 0.906 bits per heavy atom. The van der Waals surface area contributed by atoms with Crippen molar-refractivity contribution in [1.82, 2.24) is 14.5 Å². The van der Waals surface area contributed by atoms with Crippen molar-refractivity contribution < 1.29 is 13.2 Å². The van der Waals surface area contributed by atoms with Crippen LogP contribution in [-0.2, 0) is 14.8 Å². The smallest absolute Gasteiger partial charge is 0.243 e. The quantitative estimate of drug-likeness (QED) is 0.701. The van der Waals surface area contributed by atoms with E-state index in [4.69, 9.17) is 0 Å². The fourth-order valence-corrected chi connectivity index (χ4v) is 7.03. The van der Waals surface area contributed by atoms with Gasteiger partial charge in [0, 0.05) is 32.2 Å². The Morgan fingerprint density at radius 3 is 2.19 bits per heavy atom. The van der Waals surface area contributed by atoms with Crippen LogP contribution in [0.3, 0.4) is 0 Å². The van der Waals surface area contributed by atoms with Crippen LogP contribution in [0.2, 0.25) is 0 Å². The van der Waals surface area contributed by atoms with Crippen LogP contribution in [0, 0.1) is 5.92 Å². The second-order valence-electron chi connectivity index (χ2n) is 10.0. The number of hydrogen-bond donors (Lipinski definition) is 1. The highest BCUT2D eigenvalue weighted by Crippen LogP contribution is 2.33. The maximum atomic E-state index is 13.1. The van der Waals surface area contributed by atoms with E-state index in [0.29, 0.717) is 49.5 Å². The average Bonchev–Trinajstić information content (AvgIpc) is 2.81. The average molecular weight is 462 g/mol. The highest BCUT2D eigenvalue weighted by atomic mass is 32.2. The molecule has 2 unspecified atom stereocenters. The van der Waals surface area contributed by atoms with Gasteiger partial charge in [-0.1, -0.05) is 51.2 Å². The topological polar surface area (TPSA) is 69.7 Å². The number of sulfonamides is 1. The molecule has 7 heteroatoms. The Labute approximate surface area is 193 Å². The molecule has 0 bridgehead atoms. The number of amides is 1. The maximum Gasteiger partial charge on any atom is 0.243 e. The van der Waals surface area contributed by atoms with Crippen molar-refractivity contribution in [2.24, 2.45) is 5.92 Å². The first kappa shape index (κ1) is 23.7. The van der Waals surface area contributed by atoms with E-state index in [1.807, 2.05) is 12.1 Å². The third-order valence-electron chi connectivity index (χ3n) is 7.75. The van der Waals surface area contributed by atoms with E-state index >= 15 is 0 Å². The molecule has 1 saturated heterocycles. The lowest BCUT2D eigenvalue weighted by molar-refractivity contribution is -0.123. The number of rotatable bonds is 6. The summed E-state index contributed by atoms with van der Waals surface area (Å²) >= 11 is 0. The van der Waals surface area contributed by atoms with Crippen molar-refractivity contribution in [2.75, 3.05) is 32.7 Å². The van der Waals surface area contributed by atoms with E-state index in [-0.39, 0.29) is 11.9 Å². The zero-order valence-corrected chi connectivity index (χ0v) is 20.3. The van der Waals surface area contributed by atoms with E-state index in [0.717, 1.165) is 6.42 Å². The summed E-state index contributed by atoms with van der Waals surface area (Å²) in [6.45, 7) is 4.61. The fraction of sp³-hybridized carbons (Fsp3) is 0.720. The number of carbonyl (C=O) groups excluding carboxylic acids is 1. The molecule has 1 amide bonds. The fourth-order valence-electron chi connectivity index (χ4n) is 5.61. The van der Waals surface area contributed by atoms with E-state index in [1.165, 1.54) is 56.9 Å². The SMILES string of the molecule is CC1CCCCC1NC(=O)CN1CCN(S(=O)(=O)c2ccc(C3CCCCC3)cc2)CC1. The number of nitrogens with one attached hydrogen (secondary N) is 1. The van der Waals surface area contributed by atoms with Gasteiger partial charge in [0.05, 0.1) is 11.4 Å². The van der Waals surface area contributed by atoms with Gasteiger partial charge in [-0.05, 0) is 55.2 Å². The van der Waals surface area contributed by atoms with Crippen LogP contribution in [0.4, 0.5) is 0 Å². The van der Waals surface area contributed by atoms with Gasteiger partial charge in [-0.15, -0.1) is 0 Å². The molecule has 2 aliphatic carbocycles. The van der Waals surface area contributed by atoms with Crippen molar-refractivity contribution in [3.8, 4) is 0 Å². The van der Waals surface area contributed by atoms with Crippen molar-refractivity contribution in [2.45, 2.75) is 81.6 Å². The molecular weight excluding hydrogens is 422 g/mol. The predicted molar refractivity (Wildman–Crippen MR) is 127 cm³/mol. The summed E-state index contributed by atoms with van der Waals surface area (Å²) in [7, 11) is -3.49. The highest BCUT2D eigenvalue weighted by molar-refractivity contribution is 7.89. The summed E-state index contributed by atoms with van der Waals surface area (Å²) in [5.41, 5.74) is 1.27. The lowest BCUT2D eigenvalue weighted by Crippen LogP contribution is -2.52. The number of piperazine rings is 1. The van der Waals surface area contributed by atoms with Gasteiger partial charge in [0.2, 0.25) is 15.9 Å². The minimum absolute atomic E-state index is 0.0679. The molecule has 2 atom stereocenters. The molecule has 2 saturated carbocycles. The van der Waals surface area contributed by atoms with E-state index in [2.05, 4.69) is 17.1 Å². The molecular formula is C25H39N3O3S. The summed E-state index contributed by atoms with van der Waals surface area (Å²) < 4.78 is 27.8. The van der Waals surface area contributed by atoms with Gasteiger partial charge in [0.25, 0.3) is 0 Å². The van der Waals surface area contributed by atoms with Crippen molar-refractivity contribution in [3.63, 3.8) is 0 Å². The molecule has 4 rings (SSSR count). The lowest BCUT2D eigenvalue weighted by Gasteiger charge is -2.34. The molecule has 0 radical (unpaired) electrons. The Morgan fingerprint density at radius 2 is 1.53 bits per heavy atom. The van der Waals surface area contributed by atoms with Crippen LogP contribution in [0.1, 0.15) is 76.2 Å². The first-order valence-electron chi connectivity index (χ1n) is 12.6. The molecule has 1 N–H and O–H groups in total. The molecule has 32 heavy (non-hydrogen) atoms. The molecule has 0 aromatic heterocycles. The monoisotopic (exact) mass is 461 g/mol. The van der Waals surface area contributed by atoms with Gasteiger partial charge in [-0.2, -0.15) is 4.31 Å². The maximum absolute atomic E-state index is 13.1. The number of nitrogens with zero attached hydrogens (tertiary/aromatic N) is 2. The first-order valence-corrected chi connectivity index (χ1v) is 14.0. The molecule has 1 aromatic carbocycles. The standard InChI is InChI=1S/C25H39N3O3S/c1-20-7-5-6-10-24(20)26-25(29)19-27-15-17-28(18-16-27)32(30,31)23-13-11-22(12-14-23)21-8-3-2-4-9-21/h11-14,20-21,24H,2-10,15-19H2,1H3,(H,26,29). The van der Waals surface area contributed by atoms with Crippen LogP contribution in [-0.4, -0.2) is 62.3 Å². The van der Waals surface area contributed by atoms with Crippen LogP contribution in [0.25, 0.3) is 0 Å². The number of carbonyl (C=O) groups is 1. The van der Waals surface area contributed by atoms with Crippen LogP contribution in [0.5, 0.6) is 0 Å². The second kappa shape index (κ2) is 10.7. The van der Waals surface area contributed by atoms with Crippen LogP contribution < -0.4 is 5.32 Å². The summed E-state index contributed by atoms with van der Waals surface area (Å²) in [5.74, 6) is 1.18. The predicted octanol–water partition coefficient (Wildman–Crippen LogP) is 3.74. The Bertz CT molecular complexity index is 857. The van der Waals surface area contributed by atoms with Gasteiger partial charge in [-0.25, -0.2) is 8.42 Å². The third-order valence-corrected chi connectivity index (χ3v) is 9.66. The second-order valence-corrected chi connectivity index (χ2v) is 12.0.